The number of carbonyl (C=O) groups excluding carboxylic acids is 1. The number of hydrogen-bond acceptors (Lipinski definition) is 3. The van der Waals surface area contributed by atoms with Gasteiger partial charge in [-0.05, 0) is 29.8 Å². The van der Waals surface area contributed by atoms with Crippen molar-refractivity contribution in [3.05, 3.63) is 65.7 Å². The van der Waals surface area contributed by atoms with E-state index >= 15 is 0 Å². The van der Waals surface area contributed by atoms with Crippen LogP contribution in [0.15, 0.2) is 48.8 Å². The molecule has 0 saturated carbocycles. The van der Waals surface area contributed by atoms with E-state index in [-0.39, 0.29) is 17.9 Å². The van der Waals surface area contributed by atoms with Crippen LogP contribution in [-0.2, 0) is 6.54 Å². The first-order valence-electron chi connectivity index (χ1n) is 6.51. The number of hydrogen-bond donors (Lipinski definition) is 0. The third-order valence-corrected chi connectivity index (χ3v) is 2.95. The highest BCUT2D eigenvalue weighted by molar-refractivity contribution is 5.94. The molecule has 1 heterocycles. The number of pyridine rings is 1. The van der Waals surface area contributed by atoms with Gasteiger partial charge in [0.25, 0.3) is 5.91 Å². The minimum atomic E-state index is -0.456. The van der Waals surface area contributed by atoms with Crippen LogP contribution >= 0.6 is 0 Å². The fraction of sp³-hybridized carbons (Fsp3) is 0.188. The van der Waals surface area contributed by atoms with E-state index in [1.165, 1.54) is 23.1 Å². The number of nitrogens with zero attached hydrogens (tertiary/aromatic N) is 3. The Bertz CT molecular complexity index is 652. The van der Waals surface area contributed by atoms with Crippen LogP contribution in [0.5, 0.6) is 0 Å². The van der Waals surface area contributed by atoms with E-state index in [2.05, 4.69) is 4.98 Å². The number of amides is 1. The summed E-state index contributed by atoms with van der Waals surface area (Å²) in [7, 11) is 0. The Morgan fingerprint density at radius 2 is 2.19 bits per heavy atom. The highest BCUT2D eigenvalue weighted by atomic mass is 19.1. The molecule has 5 heteroatoms. The van der Waals surface area contributed by atoms with E-state index in [0.717, 1.165) is 5.56 Å². The lowest BCUT2D eigenvalue weighted by molar-refractivity contribution is 0.0746. The van der Waals surface area contributed by atoms with Crippen LogP contribution in [0.4, 0.5) is 4.39 Å². The molecule has 106 valence electrons. The SMILES string of the molecule is N#CCCN(Cc1cccnc1)C(=O)c1cccc(F)c1. The number of rotatable bonds is 5. The van der Waals surface area contributed by atoms with Gasteiger partial charge in [0.05, 0.1) is 12.5 Å². The molecule has 2 rings (SSSR count). The maximum absolute atomic E-state index is 13.2. The van der Waals surface area contributed by atoms with Gasteiger partial charge >= 0.3 is 0 Å². The summed E-state index contributed by atoms with van der Waals surface area (Å²) in [6, 6.07) is 11.2. The van der Waals surface area contributed by atoms with Crippen molar-refractivity contribution in [3.63, 3.8) is 0 Å². The second-order valence-electron chi connectivity index (χ2n) is 4.51. The molecular formula is C16H14FN3O. The standard InChI is InChI=1S/C16H14FN3O/c17-15-6-1-5-14(10-15)16(21)20(9-3-7-18)12-13-4-2-8-19-11-13/h1-2,4-6,8,10-11H,3,9,12H2. The van der Waals surface area contributed by atoms with Crippen molar-refractivity contribution >= 4 is 5.91 Å². The van der Waals surface area contributed by atoms with Gasteiger partial charge in [-0.2, -0.15) is 5.26 Å². The highest BCUT2D eigenvalue weighted by Crippen LogP contribution is 2.11. The van der Waals surface area contributed by atoms with Crippen LogP contribution in [-0.4, -0.2) is 22.3 Å². The normalized spacial score (nSPS) is 9.90. The summed E-state index contributed by atoms with van der Waals surface area (Å²) in [5, 5.41) is 8.72. The molecular weight excluding hydrogens is 269 g/mol. The first kappa shape index (κ1) is 14.7. The van der Waals surface area contributed by atoms with Gasteiger partial charge in [-0.3, -0.25) is 9.78 Å². The molecule has 0 fully saturated rings. The number of benzene rings is 1. The van der Waals surface area contributed by atoms with Crippen LogP contribution in [0.25, 0.3) is 0 Å². The highest BCUT2D eigenvalue weighted by Gasteiger charge is 2.16. The Kier molecular flexibility index (Phi) is 4.99. The molecule has 1 aromatic heterocycles. The molecule has 0 saturated heterocycles. The second-order valence-corrected chi connectivity index (χ2v) is 4.51. The van der Waals surface area contributed by atoms with E-state index in [0.29, 0.717) is 13.1 Å². The first-order valence-corrected chi connectivity index (χ1v) is 6.51. The molecule has 0 spiro atoms. The van der Waals surface area contributed by atoms with Crippen molar-refractivity contribution in [1.29, 1.82) is 5.26 Å². The smallest absolute Gasteiger partial charge is 0.254 e. The number of aromatic nitrogens is 1. The van der Waals surface area contributed by atoms with Gasteiger partial charge in [0, 0.05) is 31.0 Å². The van der Waals surface area contributed by atoms with Gasteiger partial charge in [0.1, 0.15) is 5.82 Å². The average Bonchev–Trinajstić information content (AvgIpc) is 2.51. The lowest BCUT2D eigenvalue weighted by atomic mass is 10.1. The summed E-state index contributed by atoms with van der Waals surface area (Å²) in [6.07, 6.45) is 3.54. The first-order chi connectivity index (χ1) is 10.2. The Balaban J connectivity index is 2.19. The molecule has 0 atom stereocenters. The van der Waals surface area contributed by atoms with Crippen molar-refractivity contribution in [2.24, 2.45) is 0 Å². The maximum atomic E-state index is 13.2. The van der Waals surface area contributed by atoms with Crippen LogP contribution in [0, 0.1) is 17.1 Å². The molecule has 2 aromatic rings. The molecule has 0 unspecified atom stereocenters. The van der Waals surface area contributed by atoms with Crippen molar-refractivity contribution in [2.45, 2.75) is 13.0 Å². The van der Waals surface area contributed by atoms with Gasteiger partial charge in [0.15, 0.2) is 0 Å². The molecule has 0 aliphatic rings. The Labute approximate surface area is 122 Å². The monoisotopic (exact) mass is 283 g/mol. The fourth-order valence-corrected chi connectivity index (χ4v) is 1.95. The zero-order valence-corrected chi connectivity index (χ0v) is 11.4. The molecule has 0 aliphatic carbocycles. The van der Waals surface area contributed by atoms with Crippen molar-refractivity contribution in [2.75, 3.05) is 6.54 Å². The molecule has 0 bridgehead atoms. The average molecular weight is 283 g/mol. The van der Waals surface area contributed by atoms with Gasteiger partial charge in [-0.15, -0.1) is 0 Å². The Morgan fingerprint density at radius 3 is 2.86 bits per heavy atom. The zero-order valence-electron chi connectivity index (χ0n) is 11.4. The Hall–Kier alpha value is -2.74. The fourth-order valence-electron chi connectivity index (χ4n) is 1.95. The second kappa shape index (κ2) is 7.15. The largest absolute Gasteiger partial charge is 0.333 e. The van der Waals surface area contributed by atoms with E-state index < -0.39 is 5.82 Å². The number of halogens is 1. The zero-order chi connectivity index (χ0) is 15.1. The van der Waals surface area contributed by atoms with Crippen LogP contribution in [0.3, 0.4) is 0 Å². The van der Waals surface area contributed by atoms with E-state index in [4.69, 9.17) is 5.26 Å². The third kappa shape index (κ3) is 4.11. The van der Waals surface area contributed by atoms with Gasteiger partial charge in [-0.25, -0.2) is 4.39 Å². The number of nitriles is 1. The predicted molar refractivity (Wildman–Crippen MR) is 75.6 cm³/mol. The lowest BCUT2D eigenvalue weighted by Crippen LogP contribution is -2.31. The number of carbonyl (C=O) groups is 1. The molecule has 0 N–H and O–H groups in total. The quantitative estimate of drug-likeness (QED) is 0.847. The van der Waals surface area contributed by atoms with Crippen LogP contribution in [0.2, 0.25) is 0 Å². The molecule has 4 nitrogen and oxygen atoms in total. The minimum absolute atomic E-state index is 0.224. The maximum Gasteiger partial charge on any atom is 0.254 e. The van der Waals surface area contributed by atoms with E-state index in [1.807, 2.05) is 12.1 Å². The van der Waals surface area contributed by atoms with Gasteiger partial charge in [0.2, 0.25) is 0 Å². The summed E-state index contributed by atoms with van der Waals surface area (Å²) >= 11 is 0. The summed E-state index contributed by atoms with van der Waals surface area (Å²) in [5.41, 5.74) is 1.14. The van der Waals surface area contributed by atoms with Crippen molar-refractivity contribution in [1.82, 2.24) is 9.88 Å². The van der Waals surface area contributed by atoms with Crippen molar-refractivity contribution < 1.29 is 9.18 Å². The molecule has 0 radical (unpaired) electrons. The van der Waals surface area contributed by atoms with Gasteiger partial charge < -0.3 is 4.90 Å². The Morgan fingerprint density at radius 1 is 1.33 bits per heavy atom. The summed E-state index contributed by atoms with van der Waals surface area (Å²) in [5.74, 6) is -0.754. The summed E-state index contributed by atoms with van der Waals surface area (Å²) < 4.78 is 13.2. The van der Waals surface area contributed by atoms with Crippen LogP contribution < -0.4 is 0 Å². The molecule has 1 aromatic carbocycles. The third-order valence-electron chi connectivity index (χ3n) is 2.95. The topological polar surface area (TPSA) is 57.0 Å². The molecule has 1 amide bonds. The molecule has 21 heavy (non-hydrogen) atoms. The lowest BCUT2D eigenvalue weighted by Gasteiger charge is -2.21. The van der Waals surface area contributed by atoms with Crippen molar-refractivity contribution in [3.8, 4) is 6.07 Å². The van der Waals surface area contributed by atoms with Crippen LogP contribution in [0.1, 0.15) is 22.3 Å². The molecule has 0 aliphatic heterocycles. The van der Waals surface area contributed by atoms with Gasteiger partial charge in [-0.1, -0.05) is 12.1 Å². The summed E-state index contributed by atoms with van der Waals surface area (Å²) in [4.78, 5) is 18.0. The summed E-state index contributed by atoms with van der Waals surface area (Å²) in [6.45, 7) is 0.631. The predicted octanol–water partition coefficient (Wildman–Crippen LogP) is 2.78. The van der Waals surface area contributed by atoms with E-state index in [9.17, 15) is 9.18 Å². The van der Waals surface area contributed by atoms with E-state index in [1.54, 1.807) is 24.5 Å². The minimum Gasteiger partial charge on any atom is -0.333 e.